The SMILES string of the molecule is CCCN(C(C)CC(C)(NC)C(=O)O)C1CC1. The van der Waals surface area contributed by atoms with Crippen LogP contribution in [0.1, 0.15) is 46.5 Å². The molecule has 4 nitrogen and oxygen atoms in total. The maximum absolute atomic E-state index is 11.3. The minimum Gasteiger partial charge on any atom is -0.480 e. The largest absolute Gasteiger partial charge is 0.480 e. The highest BCUT2D eigenvalue weighted by Gasteiger charge is 2.38. The summed E-state index contributed by atoms with van der Waals surface area (Å²) in [5.74, 6) is -0.765. The Kier molecular flexibility index (Phi) is 4.95. The molecule has 17 heavy (non-hydrogen) atoms. The predicted molar refractivity (Wildman–Crippen MR) is 69.2 cm³/mol. The van der Waals surface area contributed by atoms with Crippen LogP contribution in [-0.4, -0.2) is 47.2 Å². The highest BCUT2D eigenvalue weighted by molar-refractivity contribution is 5.78. The summed E-state index contributed by atoms with van der Waals surface area (Å²) in [6, 6.07) is 1.01. The third kappa shape index (κ3) is 3.68. The first kappa shape index (κ1) is 14.5. The summed E-state index contributed by atoms with van der Waals surface area (Å²) in [4.78, 5) is 13.7. The van der Waals surface area contributed by atoms with Crippen molar-refractivity contribution in [1.29, 1.82) is 0 Å². The number of nitrogens with zero attached hydrogens (tertiary/aromatic N) is 1. The number of nitrogens with one attached hydrogen (secondary N) is 1. The van der Waals surface area contributed by atoms with E-state index in [1.54, 1.807) is 14.0 Å². The summed E-state index contributed by atoms with van der Waals surface area (Å²) in [5.41, 5.74) is -0.819. The highest BCUT2D eigenvalue weighted by Crippen LogP contribution is 2.31. The number of likely N-dealkylation sites (N-methyl/N-ethyl adjacent to an activating group) is 1. The Morgan fingerprint density at radius 3 is 2.53 bits per heavy atom. The van der Waals surface area contributed by atoms with E-state index in [9.17, 15) is 9.90 Å². The second kappa shape index (κ2) is 5.83. The van der Waals surface area contributed by atoms with Gasteiger partial charge in [-0.25, -0.2) is 0 Å². The molecule has 2 N–H and O–H groups in total. The minimum atomic E-state index is -0.819. The van der Waals surface area contributed by atoms with E-state index in [0.717, 1.165) is 13.0 Å². The highest BCUT2D eigenvalue weighted by atomic mass is 16.4. The van der Waals surface area contributed by atoms with Gasteiger partial charge < -0.3 is 10.4 Å². The van der Waals surface area contributed by atoms with Crippen LogP contribution in [0.2, 0.25) is 0 Å². The topological polar surface area (TPSA) is 52.6 Å². The van der Waals surface area contributed by atoms with E-state index in [2.05, 4.69) is 24.1 Å². The fourth-order valence-corrected chi connectivity index (χ4v) is 2.43. The lowest BCUT2D eigenvalue weighted by Crippen LogP contribution is -2.52. The van der Waals surface area contributed by atoms with Gasteiger partial charge in [-0.2, -0.15) is 0 Å². The molecule has 100 valence electrons. The molecule has 0 radical (unpaired) electrons. The van der Waals surface area contributed by atoms with Crippen molar-refractivity contribution in [2.45, 2.75) is 64.1 Å². The second-order valence-electron chi connectivity index (χ2n) is 5.41. The van der Waals surface area contributed by atoms with Crippen LogP contribution in [0.15, 0.2) is 0 Å². The van der Waals surface area contributed by atoms with Crippen molar-refractivity contribution in [3.63, 3.8) is 0 Å². The molecule has 1 rings (SSSR count). The molecule has 0 aromatic heterocycles. The number of rotatable bonds is 8. The molecule has 0 amide bonds. The van der Waals surface area contributed by atoms with Crippen molar-refractivity contribution >= 4 is 5.97 Å². The Bertz CT molecular complexity index is 266. The van der Waals surface area contributed by atoms with Crippen molar-refractivity contribution in [3.05, 3.63) is 0 Å². The average Bonchev–Trinajstić information content (AvgIpc) is 3.09. The zero-order valence-corrected chi connectivity index (χ0v) is 11.5. The number of hydrogen-bond donors (Lipinski definition) is 2. The zero-order chi connectivity index (χ0) is 13.1. The third-order valence-electron chi connectivity index (χ3n) is 3.79. The molecule has 1 aliphatic rings. The molecule has 0 aromatic rings. The molecule has 2 atom stereocenters. The van der Waals surface area contributed by atoms with Crippen LogP contribution < -0.4 is 5.32 Å². The summed E-state index contributed by atoms with van der Waals surface area (Å²) in [5, 5.41) is 12.2. The van der Waals surface area contributed by atoms with Crippen molar-refractivity contribution in [3.8, 4) is 0 Å². The molecule has 4 heteroatoms. The second-order valence-corrected chi connectivity index (χ2v) is 5.41. The van der Waals surface area contributed by atoms with Crippen LogP contribution in [0.25, 0.3) is 0 Å². The summed E-state index contributed by atoms with van der Waals surface area (Å²) in [7, 11) is 1.72. The fraction of sp³-hybridized carbons (Fsp3) is 0.923. The van der Waals surface area contributed by atoms with Gasteiger partial charge in [0, 0.05) is 12.1 Å². The predicted octanol–water partition coefficient (Wildman–Crippen LogP) is 1.70. The van der Waals surface area contributed by atoms with E-state index >= 15 is 0 Å². The van der Waals surface area contributed by atoms with E-state index in [4.69, 9.17) is 0 Å². The van der Waals surface area contributed by atoms with Gasteiger partial charge in [0.25, 0.3) is 0 Å². The monoisotopic (exact) mass is 242 g/mol. The maximum atomic E-state index is 11.3. The quantitative estimate of drug-likeness (QED) is 0.680. The number of aliphatic carboxylic acids is 1. The van der Waals surface area contributed by atoms with Gasteiger partial charge in [0.2, 0.25) is 0 Å². The van der Waals surface area contributed by atoms with Gasteiger partial charge in [0.15, 0.2) is 0 Å². The van der Waals surface area contributed by atoms with Crippen LogP contribution in [0, 0.1) is 0 Å². The normalized spacial score (nSPS) is 21.2. The van der Waals surface area contributed by atoms with Gasteiger partial charge in [-0.3, -0.25) is 9.69 Å². The smallest absolute Gasteiger partial charge is 0.323 e. The molecule has 0 aromatic carbocycles. The average molecular weight is 242 g/mol. The van der Waals surface area contributed by atoms with Crippen LogP contribution in [0.5, 0.6) is 0 Å². The lowest BCUT2D eigenvalue weighted by Gasteiger charge is -2.34. The van der Waals surface area contributed by atoms with Gasteiger partial charge in [-0.05, 0) is 53.1 Å². The molecule has 2 unspecified atom stereocenters. The van der Waals surface area contributed by atoms with E-state index < -0.39 is 11.5 Å². The van der Waals surface area contributed by atoms with E-state index in [1.165, 1.54) is 12.8 Å². The number of carboxylic acids is 1. The Balaban J connectivity index is 2.61. The molecule has 0 saturated heterocycles. The molecule has 1 fully saturated rings. The van der Waals surface area contributed by atoms with Gasteiger partial charge in [-0.1, -0.05) is 6.92 Å². The molecule has 0 heterocycles. The summed E-state index contributed by atoms with van der Waals surface area (Å²) >= 11 is 0. The Morgan fingerprint density at radius 2 is 2.18 bits per heavy atom. The van der Waals surface area contributed by atoms with Crippen molar-refractivity contribution in [2.24, 2.45) is 0 Å². The summed E-state index contributed by atoms with van der Waals surface area (Å²) in [6.07, 6.45) is 4.32. The van der Waals surface area contributed by atoms with E-state index in [1.807, 2.05) is 0 Å². The van der Waals surface area contributed by atoms with Crippen LogP contribution in [-0.2, 0) is 4.79 Å². The van der Waals surface area contributed by atoms with Gasteiger partial charge in [0.1, 0.15) is 5.54 Å². The van der Waals surface area contributed by atoms with E-state index in [-0.39, 0.29) is 0 Å². The number of carboxylic acid groups (broad SMARTS) is 1. The van der Waals surface area contributed by atoms with Gasteiger partial charge in [-0.15, -0.1) is 0 Å². The molecule has 0 spiro atoms. The summed E-state index contributed by atoms with van der Waals surface area (Å²) in [6.45, 7) is 7.16. The first-order valence-corrected chi connectivity index (χ1v) is 6.62. The lowest BCUT2D eigenvalue weighted by atomic mass is 9.93. The van der Waals surface area contributed by atoms with Gasteiger partial charge in [0.05, 0.1) is 0 Å². The lowest BCUT2D eigenvalue weighted by molar-refractivity contribution is -0.144. The molecule has 0 aliphatic heterocycles. The molecule has 0 bridgehead atoms. The third-order valence-corrected chi connectivity index (χ3v) is 3.79. The Morgan fingerprint density at radius 1 is 1.59 bits per heavy atom. The minimum absolute atomic E-state index is 0.316. The molecular formula is C13H26N2O2. The number of carbonyl (C=O) groups is 1. The maximum Gasteiger partial charge on any atom is 0.323 e. The first-order valence-electron chi connectivity index (χ1n) is 6.62. The molecule has 1 aliphatic carbocycles. The van der Waals surface area contributed by atoms with Crippen LogP contribution in [0.4, 0.5) is 0 Å². The van der Waals surface area contributed by atoms with Gasteiger partial charge >= 0.3 is 5.97 Å². The zero-order valence-electron chi connectivity index (χ0n) is 11.5. The Labute approximate surface area is 104 Å². The van der Waals surface area contributed by atoms with Crippen molar-refractivity contribution in [2.75, 3.05) is 13.6 Å². The van der Waals surface area contributed by atoms with Crippen molar-refractivity contribution in [1.82, 2.24) is 10.2 Å². The van der Waals surface area contributed by atoms with Crippen molar-refractivity contribution < 1.29 is 9.90 Å². The fourth-order valence-electron chi connectivity index (χ4n) is 2.43. The number of hydrogen-bond acceptors (Lipinski definition) is 3. The van der Waals surface area contributed by atoms with Crippen LogP contribution >= 0.6 is 0 Å². The first-order chi connectivity index (χ1) is 7.94. The standard InChI is InChI=1S/C13H26N2O2/c1-5-8-15(11-6-7-11)10(2)9-13(3,14-4)12(16)17/h10-11,14H,5-9H2,1-4H3,(H,16,17). The van der Waals surface area contributed by atoms with E-state index in [0.29, 0.717) is 18.5 Å². The molecular weight excluding hydrogens is 216 g/mol. The van der Waals surface area contributed by atoms with Crippen LogP contribution in [0.3, 0.4) is 0 Å². The molecule has 1 saturated carbocycles. The summed E-state index contributed by atoms with van der Waals surface area (Å²) < 4.78 is 0. The Hall–Kier alpha value is -0.610.